The number of carbonyl (C=O) groups excluding carboxylic acids is 1. The number of anilines is 1. The molecule has 0 aliphatic heterocycles. The van der Waals surface area contributed by atoms with Crippen molar-refractivity contribution < 1.29 is 4.79 Å². The Bertz CT molecular complexity index is 787. The number of amides is 1. The number of thioether (sulfide) groups is 1. The maximum atomic E-state index is 12.3. The number of rotatable bonds is 5. The molecule has 3 rings (SSSR count). The highest BCUT2D eigenvalue weighted by Gasteiger charge is 2.23. The van der Waals surface area contributed by atoms with Crippen molar-refractivity contribution in [3.05, 3.63) is 39.1 Å². The van der Waals surface area contributed by atoms with E-state index in [1.807, 2.05) is 13.0 Å². The van der Waals surface area contributed by atoms with Crippen LogP contribution in [0.3, 0.4) is 0 Å². The van der Waals surface area contributed by atoms with E-state index < -0.39 is 0 Å². The topological polar surface area (TPSA) is 46.9 Å². The van der Waals surface area contributed by atoms with E-state index >= 15 is 0 Å². The van der Waals surface area contributed by atoms with Gasteiger partial charge in [0.2, 0.25) is 5.91 Å². The molecule has 1 aromatic carbocycles. The van der Waals surface area contributed by atoms with Crippen LogP contribution in [0.2, 0.25) is 5.02 Å². The van der Waals surface area contributed by atoms with E-state index in [0.717, 1.165) is 15.3 Å². The summed E-state index contributed by atoms with van der Waals surface area (Å²) in [5, 5.41) is 4.33. The lowest BCUT2D eigenvalue weighted by Gasteiger charge is -2.17. The SMILES string of the molecule is Cc1nc(SCC(=O)Nc2ccc(Br)cc2Cl)n(C2CCCC2)c1C. The Balaban J connectivity index is 1.67. The number of halogens is 2. The highest BCUT2D eigenvalue weighted by atomic mass is 79.9. The normalized spacial score (nSPS) is 14.9. The molecule has 1 aliphatic carbocycles. The third kappa shape index (κ3) is 4.41. The van der Waals surface area contributed by atoms with Gasteiger partial charge in [-0.3, -0.25) is 4.79 Å². The van der Waals surface area contributed by atoms with Crippen molar-refractivity contribution in [3.63, 3.8) is 0 Å². The first-order chi connectivity index (χ1) is 12.0. The number of hydrogen-bond donors (Lipinski definition) is 1. The summed E-state index contributed by atoms with van der Waals surface area (Å²) < 4.78 is 3.21. The molecule has 1 aromatic heterocycles. The Hall–Kier alpha value is -0.980. The molecule has 0 spiro atoms. The highest BCUT2D eigenvalue weighted by Crippen LogP contribution is 2.35. The smallest absolute Gasteiger partial charge is 0.234 e. The van der Waals surface area contributed by atoms with Crippen LogP contribution in [0.5, 0.6) is 0 Å². The van der Waals surface area contributed by atoms with Crippen LogP contribution in [0.1, 0.15) is 43.1 Å². The molecule has 134 valence electrons. The van der Waals surface area contributed by atoms with Gasteiger partial charge in [0.25, 0.3) is 0 Å². The minimum atomic E-state index is -0.0782. The Morgan fingerprint density at radius 1 is 1.40 bits per heavy atom. The standard InChI is InChI=1S/C18H21BrClN3OS/c1-11-12(2)23(14-5-3-4-6-14)18(21-11)25-10-17(24)22-16-8-7-13(19)9-15(16)20/h7-9,14H,3-6,10H2,1-2H3,(H,22,24). The predicted molar refractivity (Wildman–Crippen MR) is 108 cm³/mol. The fraction of sp³-hybridized carbons (Fsp3) is 0.444. The summed E-state index contributed by atoms with van der Waals surface area (Å²) in [4.78, 5) is 17.0. The van der Waals surface area contributed by atoms with Crippen LogP contribution >= 0.6 is 39.3 Å². The molecular formula is C18H21BrClN3OS. The number of imidazole rings is 1. The van der Waals surface area contributed by atoms with E-state index in [9.17, 15) is 4.79 Å². The molecule has 25 heavy (non-hydrogen) atoms. The summed E-state index contributed by atoms with van der Waals surface area (Å²) in [6.45, 7) is 4.15. The van der Waals surface area contributed by atoms with E-state index in [0.29, 0.717) is 22.5 Å². The molecule has 0 radical (unpaired) electrons. The largest absolute Gasteiger partial charge is 0.324 e. The number of carbonyl (C=O) groups is 1. The Morgan fingerprint density at radius 2 is 2.12 bits per heavy atom. The van der Waals surface area contributed by atoms with Crippen LogP contribution in [-0.4, -0.2) is 21.2 Å². The average Bonchev–Trinajstić information content (AvgIpc) is 3.17. The molecule has 0 unspecified atom stereocenters. The zero-order chi connectivity index (χ0) is 18.0. The Kier molecular flexibility index (Phi) is 6.12. The highest BCUT2D eigenvalue weighted by molar-refractivity contribution is 9.10. The number of nitrogens with zero attached hydrogens (tertiary/aromatic N) is 2. The maximum Gasteiger partial charge on any atom is 0.234 e. The summed E-state index contributed by atoms with van der Waals surface area (Å²) in [6, 6.07) is 5.94. The van der Waals surface area contributed by atoms with Crippen molar-refractivity contribution in [2.45, 2.75) is 50.7 Å². The first-order valence-electron chi connectivity index (χ1n) is 8.39. The van der Waals surface area contributed by atoms with Crippen LogP contribution in [0.15, 0.2) is 27.8 Å². The molecular weight excluding hydrogens is 422 g/mol. The van der Waals surface area contributed by atoms with Gasteiger partial charge in [-0.25, -0.2) is 4.98 Å². The molecule has 1 saturated carbocycles. The summed E-state index contributed by atoms with van der Waals surface area (Å²) in [7, 11) is 0. The van der Waals surface area contributed by atoms with Gasteiger partial charge >= 0.3 is 0 Å². The van der Waals surface area contributed by atoms with E-state index in [1.165, 1.54) is 43.1 Å². The minimum Gasteiger partial charge on any atom is -0.324 e. The second-order valence-corrected chi connectivity index (χ2v) is 8.60. The van der Waals surface area contributed by atoms with Crippen molar-refractivity contribution in [2.24, 2.45) is 0 Å². The summed E-state index contributed by atoms with van der Waals surface area (Å²) in [5.41, 5.74) is 2.89. The summed E-state index contributed by atoms with van der Waals surface area (Å²) >= 11 is 11.0. The molecule has 0 bridgehead atoms. The molecule has 1 N–H and O–H groups in total. The van der Waals surface area contributed by atoms with Gasteiger partial charge in [-0.15, -0.1) is 0 Å². The van der Waals surface area contributed by atoms with Gasteiger partial charge < -0.3 is 9.88 Å². The Labute approximate surface area is 165 Å². The van der Waals surface area contributed by atoms with Crippen LogP contribution in [0, 0.1) is 13.8 Å². The molecule has 1 aliphatic rings. The lowest BCUT2D eigenvalue weighted by atomic mass is 10.2. The minimum absolute atomic E-state index is 0.0782. The fourth-order valence-corrected chi connectivity index (χ4v) is 4.88. The Morgan fingerprint density at radius 3 is 2.80 bits per heavy atom. The second-order valence-electron chi connectivity index (χ2n) is 6.33. The van der Waals surface area contributed by atoms with Crippen LogP contribution in [-0.2, 0) is 4.79 Å². The number of nitrogens with one attached hydrogen (secondary N) is 1. The van der Waals surface area contributed by atoms with Gasteiger partial charge in [-0.1, -0.05) is 52.1 Å². The van der Waals surface area contributed by atoms with Crippen molar-refractivity contribution >= 4 is 50.9 Å². The monoisotopic (exact) mass is 441 g/mol. The van der Waals surface area contributed by atoms with E-state index in [2.05, 4.69) is 37.7 Å². The van der Waals surface area contributed by atoms with Crippen LogP contribution in [0.25, 0.3) is 0 Å². The fourth-order valence-electron chi connectivity index (χ4n) is 3.20. The molecule has 0 atom stereocenters. The van der Waals surface area contributed by atoms with Gasteiger partial charge in [0.1, 0.15) is 0 Å². The molecule has 1 amide bonds. The second kappa shape index (κ2) is 8.14. The third-order valence-corrected chi connectivity index (χ3v) is 6.34. The maximum absolute atomic E-state index is 12.3. The van der Waals surface area contributed by atoms with Gasteiger partial charge in [0, 0.05) is 16.2 Å². The number of aryl methyl sites for hydroxylation is 1. The quantitative estimate of drug-likeness (QED) is 0.599. The van der Waals surface area contributed by atoms with Crippen molar-refractivity contribution in [1.29, 1.82) is 0 Å². The molecule has 1 fully saturated rings. The zero-order valence-electron chi connectivity index (χ0n) is 14.3. The summed E-state index contributed by atoms with van der Waals surface area (Å²) in [6.07, 6.45) is 4.94. The van der Waals surface area contributed by atoms with Crippen LogP contribution < -0.4 is 5.32 Å². The number of aromatic nitrogens is 2. The van der Waals surface area contributed by atoms with Crippen LogP contribution in [0.4, 0.5) is 5.69 Å². The van der Waals surface area contributed by atoms with Gasteiger partial charge in [0.15, 0.2) is 5.16 Å². The average molecular weight is 443 g/mol. The van der Waals surface area contributed by atoms with Gasteiger partial charge in [0.05, 0.1) is 22.2 Å². The lowest BCUT2D eigenvalue weighted by Crippen LogP contribution is -2.15. The molecule has 2 aromatic rings. The van der Waals surface area contributed by atoms with Crippen molar-refractivity contribution in [3.8, 4) is 0 Å². The molecule has 7 heteroatoms. The van der Waals surface area contributed by atoms with E-state index in [-0.39, 0.29) is 5.91 Å². The van der Waals surface area contributed by atoms with Gasteiger partial charge in [-0.05, 0) is 44.9 Å². The summed E-state index contributed by atoms with van der Waals surface area (Å²) in [5.74, 6) is 0.236. The van der Waals surface area contributed by atoms with E-state index in [4.69, 9.17) is 11.6 Å². The van der Waals surface area contributed by atoms with E-state index in [1.54, 1.807) is 12.1 Å². The molecule has 4 nitrogen and oxygen atoms in total. The first-order valence-corrected chi connectivity index (χ1v) is 10.5. The zero-order valence-corrected chi connectivity index (χ0v) is 17.5. The first kappa shape index (κ1) is 18.8. The predicted octanol–water partition coefficient (Wildman–Crippen LogP) is 5.76. The third-order valence-electron chi connectivity index (χ3n) is 4.58. The van der Waals surface area contributed by atoms with Gasteiger partial charge in [-0.2, -0.15) is 0 Å². The van der Waals surface area contributed by atoms with Crippen molar-refractivity contribution in [1.82, 2.24) is 9.55 Å². The number of hydrogen-bond acceptors (Lipinski definition) is 3. The molecule has 1 heterocycles. The van der Waals surface area contributed by atoms with Crippen molar-refractivity contribution in [2.75, 3.05) is 11.1 Å². The number of benzene rings is 1. The lowest BCUT2D eigenvalue weighted by molar-refractivity contribution is -0.113. The molecule has 0 saturated heterocycles.